The van der Waals surface area contributed by atoms with E-state index in [0.717, 1.165) is 117 Å². The average Bonchev–Trinajstić information content (AvgIpc) is 3.86. The van der Waals surface area contributed by atoms with Gasteiger partial charge in [-0.25, -0.2) is 0 Å². The quantitative estimate of drug-likeness (QED) is 0.163. The zero-order valence-corrected chi connectivity index (χ0v) is 29.2. The molecule has 2 amide bonds. The Morgan fingerprint density at radius 3 is 2.27 bits per heavy atom. The lowest BCUT2D eigenvalue weighted by atomic mass is 9.85. The maximum absolute atomic E-state index is 13.0. The van der Waals surface area contributed by atoms with Crippen molar-refractivity contribution in [3.05, 3.63) is 88.6 Å². The molecule has 5 N–H and O–H groups in total. The van der Waals surface area contributed by atoms with Gasteiger partial charge in [0.2, 0.25) is 5.91 Å². The number of benzene rings is 3. The molecular formula is C41H48N6O4. The summed E-state index contributed by atoms with van der Waals surface area (Å²) >= 11 is 0. The second-order valence-electron chi connectivity index (χ2n) is 14.2. The van der Waals surface area contributed by atoms with Crippen molar-refractivity contribution in [1.29, 1.82) is 0 Å². The molecule has 0 atom stereocenters. The zero-order valence-electron chi connectivity index (χ0n) is 29.2. The molecule has 6 heterocycles. The van der Waals surface area contributed by atoms with Crippen molar-refractivity contribution in [2.24, 2.45) is 0 Å². The monoisotopic (exact) mass is 688 g/mol. The van der Waals surface area contributed by atoms with Crippen molar-refractivity contribution >= 4 is 45.7 Å². The van der Waals surface area contributed by atoms with Gasteiger partial charge >= 0.3 is 0 Å². The summed E-state index contributed by atoms with van der Waals surface area (Å²) in [4.78, 5) is 30.2. The number of piperidine rings is 2. The number of rotatable bonds is 7. The first-order chi connectivity index (χ1) is 25.1. The lowest BCUT2D eigenvalue weighted by molar-refractivity contribution is -0.115. The topological polar surface area (TPSA) is 120 Å². The maximum Gasteiger partial charge on any atom is 0.256 e. The first-order valence-corrected chi connectivity index (χ1v) is 18.6. The zero-order chi connectivity index (χ0) is 34.6. The van der Waals surface area contributed by atoms with Gasteiger partial charge in [-0.1, -0.05) is 24.3 Å². The molecule has 5 aliphatic rings. The Hall–Kier alpha value is -4.48. The predicted molar refractivity (Wildman–Crippen MR) is 202 cm³/mol. The van der Waals surface area contributed by atoms with E-state index in [1.54, 1.807) is 0 Å². The molecule has 3 aromatic carbocycles. The number of aromatic nitrogens is 1. The summed E-state index contributed by atoms with van der Waals surface area (Å²) in [6, 6.07) is 20.7. The van der Waals surface area contributed by atoms with Crippen LogP contribution in [-0.4, -0.2) is 87.3 Å². The Balaban J connectivity index is 0.000000194. The molecule has 266 valence electrons. The van der Waals surface area contributed by atoms with E-state index in [-0.39, 0.29) is 11.8 Å². The standard InChI is InChI=1S/C28H32N4O3.C13H16N2O/c33-28-24(27-23(2-1-3-26(27)31-28)19-6-8-29-9-7-19)18-21-16-20-17-22(4-5-25(20)30-21)35-15-12-32-10-13-34-14-11-32;16-13-8-11-10(2-1-3-12(11)15-13)9-4-6-14-7-5-9/h1-5,16-19,29-30H,6-15H2,(H,31,33);1-3,9,14H,4-8H2,(H,15,16). The van der Waals surface area contributed by atoms with Crippen LogP contribution in [0.15, 0.2) is 60.7 Å². The fourth-order valence-corrected chi connectivity index (χ4v) is 8.25. The molecule has 4 aromatic rings. The fourth-order valence-electron chi connectivity index (χ4n) is 8.25. The summed E-state index contributed by atoms with van der Waals surface area (Å²) in [5, 5.41) is 13.9. The van der Waals surface area contributed by atoms with Crippen molar-refractivity contribution < 1.29 is 19.1 Å². The molecule has 0 bridgehead atoms. The first kappa shape index (κ1) is 33.7. The van der Waals surface area contributed by atoms with Crippen molar-refractivity contribution in [1.82, 2.24) is 20.5 Å². The van der Waals surface area contributed by atoms with Crippen molar-refractivity contribution in [3.8, 4) is 5.75 Å². The number of carbonyl (C=O) groups is 2. The molecular weight excluding hydrogens is 640 g/mol. The fraction of sp³-hybridized carbons (Fsp3) is 0.415. The molecule has 51 heavy (non-hydrogen) atoms. The molecule has 5 aliphatic heterocycles. The summed E-state index contributed by atoms with van der Waals surface area (Å²) in [5.41, 5.74) is 9.60. The van der Waals surface area contributed by atoms with Gasteiger partial charge in [0.1, 0.15) is 12.4 Å². The number of aromatic amines is 1. The molecule has 0 spiro atoms. The molecule has 3 saturated heterocycles. The Bertz CT molecular complexity index is 1920. The highest BCUT2D eigenvalue weighted by atomic mass is 16.5. The molecule has 0 aliphatic carbocycles. The van der Waals surface area contributed by atoms with E-state index in [9.17, 15) is 9.59 Å². The number of nitrogens with one attached hydrogen (secondary N) is 5. The van der Waals surface area contributed by atoms with E-state index in [2.05, 4.69) is 67.5 Å². The van der Waals surface area contributed by atoms with Gasteiger partial charge in [0.25, 0.3) is 5.91 Å². The van der Waals surface area contributed by atoms with Crippen LogP contribution in [-0.2, 0) is 20.7 Å². The molecule has 10 nitrogen and oxygen atoms in total. The van der Waals surface area contributed by atoms with Crippen LogP contribution in [0.1, 0.15) is 65.5 Å². The van der Waals surface area contributed by atoms with Gasteiger partial charge in [0, 0.05) is 53.2 Å². The SMILES string of the molecule is O=C1Cc2c(cccc2C2CCNCC2)N1.O=C1Nc2cccc(C3CCNCC3)c2C1=Cc1cc2cc(OCCN3CCOCC3)ccc2[nH]1. The highest BCUT2D eigenvalue weighted by molar-refractivity contribution is 6.35. The predicted octanol–water partition coefficient (Wildman–Crippen LogP) is 5.49. The van der Waals surface area contributed by atoms with Gasteiger partial charge in [0.15, 0.2) is 0 Å². The van der Waals surface area contributed by atoms with Crippen molar-refractivity contribution in [2.75, 3.05) is 76.3 Å². The van der Waals surface area contributed by atoms with E-state index < -0.39 is 0 Å². The number of fused-ring (bicyclic) bond motifs is 3. The van der Waals surface area contributed by atoms with Gasteiger partial charge < -0.3 is 35.7 Å². The highest BCUT2D eigenvalue weighted by Crippen LogP contribution is 2.41. The Morgan fingerprint density at radius 1 is 0.804 bits per heavy atom. The molecule has 1 aromatic heterocycles. The molecule has 10 heteroatoms. The second-order valence-corrected chi connectivity index (χ2v) is 14.2. The van der Waals surface area contributed by atoms with Crippen LogP contribution >= 0.6 is 0 Å². The Morgan fingerprint density at radius 2 is 1.51 bits per heavy atom. The van der Waals surface area contributed by atoms with Gasteiger partial charge in [-0.15, -0.1) is 0 Å². The van der Waals surface area contributed by atoms with Gasteiger partial charge in [-0.3, -0.25) is 14.5 Å². The summed E-state index contributed by atoms with van der Waals surface area (Å²) in [7, 11) is 0. The van der Waals surface area contributed by atoms with E-state index in [4.69, 9.17) is 9.47 Å². The molecule has 0 radical (unpaired) electrons. The van der Waals surface area contributed by atoms with Gasteiger partial charge in [-0.2, -0.15) is 0 Å². The number of carbonyl (C=O) groups excluding carboxylic acids is 2. The average molecular weight is 689 g/mol. The number of morpholine rings is 1. The number of ether oxygens (including phenoxy) is 2. The van der Waals surface area contributed by atoms with Crippen molar-refractivity contribution in [3.63, 3.8) is 0 Å². The van der Waals surface area contributed by atoms with E-state index in [1.807, 2.05) is 30.3 Å². The molecule has 3 fully saturated rings. The van der Waals surface area contributed by atoms with Gasteiger partial charge in [0.05, 0.1) is 25.2 Å². The van der Waals surface area contributed by atoms with Gasteiger partial charge in [-0.05, 0) is 123 Å². The van der Waals surface area contributed by atoms with Crippen molar-refractivity contribution in [2.45, 2.75) is 43.9 Å². The normalized spacial score (nSPS) is 20.4. The summed E-state index contributed by atoms with van der Waals surface area (Å²) < 4.78 is 11.4. The summed E-state index contributed by atoms with van der Waals surface area (Å²) in [6.07, 6.45) is 7.12. The smallest absolute Gasteiger partial charge is 0.256 e. The van der Waals surface area contributed by atoms with Crippen LogP contribution in [0.4, 0.5) is 11.4 Å². The number of hydrogen-bond acceptors (Lipinski definition) is 7. The summed E-state index contributed by atoms with van der Waals surface area (Å²) in [5.74, 6) is 2.07. The Kier molecular flexibility index (Phi) is 10.2. The lowest BCUT2D eigenvalue weighted by Gasteiger charge is -2.26. The van der Waals surface area contributed by atoms with Crippen LogP contribution in [0.25, 0.3) is 22.6 Å². The number of hydrogen-bond donors (Lipinski definition) is 5. The minimum atomic E-state index is -0.0350. The minimum Gasteiger partial charge on any atom is -0.492 e. The van der Waals surface area contributed by atoms with Crippen LogP contribution in [0.3, 0.4) is 0 Å². The summed E-state index contributed by atoms with van der Waals surface area (Å²) in [6.45, 7) is 9.32. The second kappa shape index (κ2) is 15.4. The third-order valence-corrected chi connectivity index (χ3v) is 10.9. The Labute approximate surface area is 299 Å². The van der Waals surface area contributed by atoms with E-state index in [1.165, 1.54) is 29.5 Å². The maximum atomic E-state index is 13.0. The lowest BCUT2D eigenvalue weighted by Crippen LogP contribution is -2.38. The number of H-pyrrole nitrogens is 1. The number of amides is 2. The van der Waals surface area contributed by atoms with Crippen LogP contribution in [0.2, 0.25) is 0 Å². The van der Waals surface area contributed by atoms with Crippen LogP contribution in [0, 0.1) is 0 Å². The first-order valence-electron chi connectivity index (χ1n) is 18.6. The number of nitrogens with zero attached hydrogens (tertiary/aromatic N) is 1. The van der Waals surface area contributed by atoms with E-state index in [0.29, 0.717) is 24.9 Å². The number of anilines is 2. The molecule has 0 unspecified atom stereocenters. The molecule has 0 saturated carbocycles. The third-order valence-electron chi connectivity index (χ3n) is 10.9. The third kappa shape index (κ3) is 7.60. The van der Waals surface area contributed by atoms with Crippen LogP contribution < -0.4 is 26.0 Å². The van der Waals surface area contributed by atoms with E-state index >= 15 is 0 Å². The molecule has 9 rings (SSSR count). The van der Waals surface area contributed by atoms with Crippen LogP contribution in [0.5, 0.6) is 5.75 Å². The minimum absolute atomic E-state index is 0.0350. The highest BCUT2D eigenvalue weighted by Gasteiger charge is 2.30. The largest absolute Gasteiger partial charge is 0.492 e.